The van der Waals surface area contributed by atoms with Gasteiger partial charge in [-0.2, -0.15) is 13.5 Å². The maximum atomic E-state index is 11.2. The van der Waals surface area contributed by atoms with Crippen molar-refractivity contribution in [2.75, 3.05) is 0 Å². The van der Waals surface area contributed by atoms with Gasteiger partial charge in [-0.15, -0.1) is 5.11 Å². The molecule has 1 aromatic carbocycles. The van der Waals surface area contributed by atoms with E-state index in [0.29, 0.717) is 5.56 Å². The molecule has 9 heteroatoms. The van der Waals surface area contributed by atoms with E-state index in [2.05, 4.69) is 15.2 Å². The molecule has 0 saturated heterocycles. The molecule has 0 atom stereocenters. The van der Waals surface area contributed by atoms with Crippen LogP contribution in [0.2, 0.25) is 0 Å². The molecule has 1 heterocycles. The summed E-state index contributed by atoms with van der Waals surface area (Å²) in [6.45, 7) is -0.0464. The molecule has 0 aliphatic carbocycles. The Kier molecular flexibility index (Phi) is 4.59. The van der Waals surface area contributed by atoms with Gasteiger partial charge in [-0.3, -0.25) is 9.35 Å². The Morgan fingerprint density at radius 2 is 1.95 bits per heavy atom. The second-order valence-electron chi connectivity index (χ2n) is 4.25. The van der Waals surface area contributed by atoms with Gasteiger partial charge in [-0.05, 0) is 23.8 Å². The van der Waals surface area contributed by atoms with Gasteiger partial charge in [-0.1, -0.05) is 18.2 Å². The largest absolute Gasteiger partial charge is 0.366 e. The number of primary amides is 1. The van der Waals surface area contributed by atoms with Crippen LogP contribution in [0, 0.1) is 0 Å². The zero-order chi connectivity index (χ0) is 16.2. The second-order valence-corrected chi connectivity index (χ2v) is 5.64. The average Bonchev–Trinajstić information content (AvgIpc) is 2.47. The van der Waals surface area contributed by atoms with Crippen LogP contribution in [0.1, 0.15) is 15.9 Å². The van der Waals surface area contributed by atoms with Gasteiger partial charge in [0.25, 0.3) is 10.1 Å². The van der Waals surface area contributed by atoms with Crippen LogP contribution in [0.3, 0.4) is 0 Å². The fraction of sp³-hybridized carbons (Fsp3) is 0.0769. The Hall–Kier alpha value is -2.65. The third-order valence-electron chi connectivity index (χ3n) is 2.70. The zero-order valence-corrected chi connectivity index (χ0v) is 12.1. The number of hydrogen-bond acceptors (Lipinski definition) is 6. The SMILES string of the molecule is NC(=O)c1ccc(N=NCc2ccccc2S(=O)(=O)O)nc1. The highest BCUT2D eigenvalue weighted by Crippen LogP contribution is 2.17. The van der Waals surface area contributed by atoms with Crippen LogP contribution in [0.4, 0.5) is 5.82 Å². The number of aromatic nitrogens is 1. The van der Waals surface area contributed by atoms with Crippen LogP contribution in [0.5, 0.6) is 0 Å². The van der Waals surface area contributed by atoms with Crippen LogP contribution >= 0.6 is 0 Å². The van der Waals surface area contributed by atoms with E-state index >= 15 is 0 Å². The number of benzene rings is 1. The maximum Gasteiger partial charge on any atom is 0.294 e. The van der Waals surface area contributed by atoms with E-state index in [0.717, 1.165) is 0 Å². The molecule has 1 aromatic heterocycles. The predicted octanol–water partition coefficient (Wildman–Crippen LogP) is 1.71. The first-order valence-corrected chi connectivity index (χ1v) is 7.50. The maximum absolute atomic E-state index is 11.2. The first-order valence-electron chi connectivity index (χ1n) is 6.06. The van der Waals surface area contributed by atoms with E-state index in [-0.39, 0.29) is 22.8 Å². The molecule has 0 radical (unpaired) electrons. The van der Waals surface area contributed by atoms with Crippen LogP contribution in [0.15, 0.2) is 57.7 Å². The molecular formula is C13H12N4O4S. The Morgan fingerprint density at radius 1 is 1.23 bits per heavy atom. The minimum absolute atomic E-state index is 0.0464. The molecular weight excluding hydrogens is 308 g/mol. The van der Waals surface area contributed by atoms with Gasteiger partial charge in [0.2, 0.25) is 5.91 Å². The third-order valence-corrected chi connectivity index (χ3v) is 3.65. The number of azo groups is 1. The summed E-state index contributed by atoms with van der Waals surface area (Å²) >= 11 is 0. The standard InChI is InChI=1S/C13H12N4O4S/c14-13(18)10-5-6-12(15-7-10)17-16-8-9-3-1-2-4-11(9)22(19,20)21/h1-7H,8H2,(H2,14,18)(H,19,20,21). The summed E-state index contributed by atoms with van der Waals surface area (Å²) in [5, 5.41) is 7.64. The lowest BCUT2D eigenvalue weighted by Crippen LogP contribution is -2.10. The van der Waals surface area contributed by atoms with Crippen LogP contribution in [-0.2, 0) is 16.7 Å². The molecule has 0 aliphatic rings. The fourth-order valence-electron chi connectivity index (χ4n) is 1.66. The van der Waals surface area contributed by atoms with Gasteiger partial charge < -0.3 is 5.73 Å². The van der Waals surface area contributed by atoms with Crippen molar-refractivity contribution >= 4 is 21.8 Å². The minimum atomic E-state index is -4.31. The molecule has 1 amide bonds. The number of amides is 1. The molecule has 3 N–H and O–H groups in total. The topological polar surface area (TPSA) is 135 Å². The van der Waals surface area contributed by atoms with E-state index in [1.165, 1.54) is 36.5 Å². The van der Waals surface area contributed by atoms with E-state index in [1.54, 1.807) is 6.07 Å². The fourth-order valence-corrected chi connectivity index (χ4v) is 2.38. The van der Waals surface area contributed by atoms with Crippen molar-refractivity contribution in [3.63, 3.8) is 0 Å². The van der Waals surface area contributed by atoms with Gasteiger partial charge >= 0.3 is 0 Å². The van der Waals surface area contributed by atoms with E-state index in [9.17, 15) is 13.2 Å². The molecule has 0 aliphatic heterocycles. The lowest BCUT2D eigenvalue weighted by Gasteiger charge is -2.02. The van der Waals surface area contributed by atoms with Gasteiger partial charge in [-0.25, -0.2) is 4.98 Å². The lowest BCUT2D eigenvalue weighted by molar-refractivity contribution is 0.1000. The summed E-state index contributed by atoms with van der Waals surface area (Å²) in [4.78, 5) is 14.5. The highest BCUT2D eigenvalue weighted by Gasteiger charge is 2.13. The Labute approximate surface area is 126 Å². The molecule has 0 spiro atoms. The first kappa shape index (κ1) is 15.7. The summed E-state index contributed by atoms with van der Waals surface area (Å²) in [6.07, 6.45) is 1.27. The average molecular weight is 320 g/mol. The van der Waals surface area contributed by atoms with Gasteiger partial charge in [0, 0.05) is 6.20 Å². The van der Waals surface area contributed by atoms with Gasteiger partial charge in [0.05, 0.1) is 17.0 Å². The molecule has 2 aromatic rings. The quantitative estimate of drug-likeness (QED) is 0.638. The number of carbonyl (C=O) groups is 1. The number of nitrogens with zero attached hydrogens (tertiary/aromatic N) is 3. The smallest absolute Gasteiger partial charge is 0.294 e. The van der Waals surface area contributed by atoms with Crippen molar-refractivity contribution in [3.8, 4) is 0 Å². The molecule has 8 nitrogen and oxygen atoms in total. The Balaban J connectivity index is 2.15. The molecule has 0 fully saturated rings. The van der Waals surface area contributed by atoms with Crippen molar-refractivity contribution < 1.29 is 17.8 Å². The van der Waals surface area contributed by atoms with E-state index < -0.39 is 16.0 Å². The number of carbonyl (C=O) groups excluding carboxylic acids is 1. The number of pyridine rings is 1. The minimum Gasteiger partial charge on any atom is -0.366 e. The summed E-state index contributed by atoms with van der Waals surface area (Å²) in [6, 6.07) is 8.83. The van der Waals surface area contributed by atoms with Crippen molar-refractivity contribution in [1.82, 2.24) is 4.98 Å². The summed E-state index contributed by atoms with van der Waals surface area (Å²) in [7, 11) is -4.31. The predicted molar refractivity (Wildman–Crippen MR) is 77.2 cm³/mol. The zero-order valence-electron chi connectivity index (χ0n) is 11.2. The number of rotatable bonds is 5. The molecule has 0 saturated carbocycles. The lowest BCUT2D eigenvalue weighted by atomic mass is 10.2. The number of hydrogen-bond donors (Lipinski definition) is 2. The van der Waals surface area contributed by atoms with Crippen molar-refractivity contribution in [2.24, 2.45) is 16.0 Å². The number of nitrogens with two attached hydrogens (primary N) is 1. The van der Waals surface area contributed by atoms with Gasteiger partial charge in [0.15, 0.2) is 5.82 Å². The van der Waals surface area contributed by atoms with Crippen molar-refractivity contribution in [2.45, 2.75) is 11.4 Å². The Bertz CT molecular complexity index is 816. The van der Waals surface area contributed by atoms with Crippen molar-refractivity contribution in [3.05, 3.63) is 53.7 Å². The van der Waals surface area contributed by atoms with Crippen molar-refractivity contribution in [1.29, 1.82) is 0 Å². The highest BCUT2D eigenvalue weighted by molar-refractivity contribution is 7.85. The highest BCUT2D eigenvalue weighted by atomic mass is 32.2. The van der Waals surface area contributed by atoms with Gasteiger partial charge in [0.1, 0.15) is 0 Å². The van der Waals surface area contributed by atoms with Crippen LogP contribution < -0.4 is 5.73 Å². The molecule has 114 valence electrons. The summed E-state index contributed by atoms with van der Waals surface area (Å²) in [5.74, 6) is -0.354. The molecule has 22 heavy (non-hydrogen) atoms. The first-order chi connectivity index (χ1) is 10.4. The molecule has 0 bridgehead atoms. The van der Waals surface area contributed by atoms with Crippen LogP contribution in [-0.4, -0.2) is 23.9 Å². The Morgan fingerprint density at radius 3 is 2.55 bits per heavy atom. The normalized spacial score (nSPS) is 11.7. The van der Waals surface area contributed by atoms with E-state index in [4.69, 9.17) is 10.3 Å². The second kappa shape index (κ2) is 6.41. The van der Waals surface area contributed by atoms with E-state index in [1.807, 2.05) is 0 Å². The summed E-state index contributed by atoms with van der Waals surface area (Å²) in [5.41, 5.74) is 5.64. The molecule has 2 rings (SSSR count). The molecule has 0 unspecified atom stereocenters. The van der Waals surface area contributed by atoms with Crippen LogP contribution in [0.25, 0.3) is 0 Å². The summed E-state index contributed by atoms with van der Waals surface area (Å²) < 4.78 is 31.5. The third kappa shape index (κ3) is 3.93. The monoisotopic (exact) mass is 320 g/mol.